The maximum absolute atomic E-state index is 4.57. The second kappa shape index (κ2) is 6.69. The molecule has 4 nitrogen and oxygen atoms in total. The summed E-state index contributed by atoms with van der Waals surface area (Å²) in [4.78, 5) is 13.3. The minimum atomic E-state index is 0.524. The summed E-state index contributed by atoms with van der Waals surface area (Å²) in [6.07, 6.45) is 9.58. The topological polar surface area (TPSA) is 43.1 Å². The third-order valence-corrected chi connectivity index (χ3v) is 4.84. The van der Waals surface area contributed by atoms with Crippen LogP contribution >= 0.6 is 11.8 Å². The molecule has 0 fully saturated rings. The molecule has 4 aromatic rings. The summed E-state index contributed by atoms with van der Waals surface area (Å²) in [5.41, 5.74) is 5.22. The zero-order chi connectivity index (χ0) is 17.2. The van der Waals surface area contributed by atoms with Gasteiger partial charge in [-0.05, 0) is 30.3 Å². The number of rotatable bonds is 4. The van der Waals surface area contributed by atoms with Crippen LogP contribution in [0.3, 0.4) is 0 Å². The molecule has 5 heteroatoms. The van der Waals surface area contributed by atoms with Gasteiger partial charge in [0.25, 0.3) is 0 Å². The number of hydrogen-bond acceptors (Lipinski definition) is 4. The van der Waals surface area contributed by atoms with E-state index in [1.807, 2.05) is 30.7 Å². The second-order valence-corrected chi connectivity index (χ2v) is 7.68. The number of fused-ring (bicyclic) bond motifs is 1. The molecule has 0 unspecified atom stereocenters. The Balaban J connectivity index is 1.75. The molecule has 0 saturated carbocycles. The van der Waals surface area contributed by atoms with Gasteiger partial charge in [0.15, 0.2) is 0 Å². The van der Waals surface area contributed by atoms with Gasteiger partial charge in [0, 0.05) is 46.7 Å². The van der Waals surface area contributed by atoms with Crippen molar-refractivity contribution in [3.63, 3.8) is 0 Å². The van der Waals surface area contributed by atoms with Gasteiger partial charge in [-0.1, -0.05) is 19.9 Å². The van der Waals surface area contributed by atoms with Crippen LogP contribution in [0, 0.1) is 0 Å². The standard InChI is InChI=1S/C20H18N4S/c1-14(2)25-20-8-6-16(11-23-20)18-12-22-19-7-5-17(13-24(18)19)15-4-3-9-21-10-15/h3-14H,1-2H3. The average Bonchev–Trinajstić information content (AvgIpc) is 3.06. The van der Waals surface area contributed by atoms with E-state index < -0.39 is 0 Å². The number of imidazole rings is 1. The zero-order valence-corrected chi connectivity index (χ0v) is 14.9. The Bertz CT molecular complexity index is 991. The van der Waals surface area contributed by atoms with Crippen LogP contribution < -0.4 is 0 Å². The molecule has 0 saturated heterocycles. The fourth-order valence-electron chi connectivity index (χ4n) is 2.74. The van der Waals surface area contributed by atoms with Gasteiger partial charge in [-0.15, -0.1) is 11.8 Å². The van der Waals surface area contributed by atoms with E-state index in [9.17, 15) is 0 Å². The van der Waals surface area contributed by atoms with Crippen LogP contribution in [0.15, 0.2) is 72.4 Å². The summed E-state index contributed by atoms with van der Waals surface area (Å²) in [6.45, 7) is 4.34. The van der Waals surface area contributed by atoms with Gasteiger partial charge in [-0.3, -0.25) is 9.38 Å². The van der Waals surface area contributed by atoms with Crippen LogP contribution in [0.25, 0.3) is 28.0 Å². The van der Waals surface area contributed by atoms with Crippen molar-refractivity contribution >= 4 is 17.4 Å². The van der Waals surface area contributed by atoms with Gasteiger partial charge in [-0.25, -0.2) is 9.97 Å². The molecule has 0 aliphatic carbocycles. The van der Waals surface area contributed by atoms with Crippen LogP contribution in [-0.4, -0.2) is 24.6 Å². The minimum absolute atomic E-state index is 0.524. The van der Waals surface area contributed by atoms with Crippen molar-refractivity contribution in [1.29, 1.82) is 0 Å². The summed E-state index contributed by atoms with van der Waals surface area (Å²) in [6, 6.07) is 12.3. The van der Waals surface area contributed by atoms with Gasteiger partial charge in [0.05, 0.1) is 16.9 Å². The highest BCUT2D eigenvalue weighted by molar-refractivity contribution is 7.99. The minimum Gasteiger partial charge on any atom is -0.299 e. The fourth-order valence-corrected chi connectivity index (χ4v) is 3.48. The first kappa shape index (κ1) is 15.8. The fraction of sp³-hybridized carbons (Fsp3) is 0.150. The van der Waals surface area contributed by atoms with E-state index in [2.05, 4.69) is 63.7 Å². The lowest BCUT2D eigenvalue weighted by atomic mass is 10.1. The van der Waals surface area contributed by atoms with Crippen molar-refractivity contribution in [2.24, 2.45) is 0 Å². The maximum atomic E-state index is 4.57. The van der Waals surface area contributed by atoms with E-state index in [-0.39, 0.29) is 0 Å². The number of thioether (sulfide) groups is 1. The summed E-state index contributed by atoms with van der Waals surface area (Å²) < 4.78 is 2.11. The molecule has 4 heterocycles. The molecule has 0 aromatic carbocycles. The van der Waals surface area contributed by atoms with E-state index in [1.54, 1.807) is 18.0 Å². The van der Waals surface area contributed by atoms with E-state index in [4.69, 9.17) is 0 Å². The summed E-state index contributed by atoms with van der Waals surface area (Å²) in [7, 11) is 0. The predicted molar refractivity (Wildman–Crippen MR) is 103 cm³/mol. The van der Waals surface area contributed by atoms with Crippen molar-refractivity contribution in [1.82, 2.24) is 19.4 Å². The van der Waals surface area contributed by atoms with Crippen molar-refractivity contribution < 1.29 is 0 Å². The highest BCUT2D eigenvalue weighted by atomic mass is 32.2. The SMILES string of the molecule is CC(C)Sc1ccc(-c2cnc3ccc(-c4cccnc4)cn23)cn1. The van der Waals surface area contributed by atoms with Crippen LogP contribution in [0.2, 0.25) is 0 Å². The summed E-state index contributed by atoms with van der Waals surface area (Å²) in [5, 5.41) is 1.57. The van der Waals surface area contributed by atoms with E-state index >= 15 is 0 Å². The van der Waals surface area contributed by atoms with Crippen LogP contribution in [-0.2, 0) is 0 Å². The first-order chi connectivity index (χ1) is 12.2. The molecule has 0 N–H and O–H groups in total. The Morgan fingerprint density at radius 2 is 1.76 bits per heavy atom. The molecule has 4 rings (SSSR count). The molecule has 0 radical (unpaired) electrons. The Morgan fingerprint density at radius 3 is 2.48 bits per heavy atom. The van der Waals surface area contributed by atoms with E-state index in [0.29, 0.717) is 5.25 Å². The molecule has 0 aliphatic rings. The van der Waals surface area contributed by atoms with Gasteiger partial charge < -0.3 is 0 Å². The maximum Gasteiger partial charge on any atom is 0.137 e. The lowest BCUT2D eigenvalue weighted by molar-refractivity contribution is 1.07. The molecule has 0 bridgehead atoms. The van der Waals surface area contributed by atoms with Crippen LogP contribution in [0.1, 0.15) is 13.8 Å². The molecule has 25 heavy (non-hydrogen) atoms. The highest BCUT2D eigenvalue weighted by Gasteiger charge is 2.09. The first-order valence-electron chi connectivity index (χ1n) is 8.21. The summed E-state index contributed by atoms with van der Waals surface area (Å²) >= 11 is 1.77. The average molecular weight is 346 g/mol. The second-order valence-electron chi connectivity index (χ2n) is 6.08. The van der Waals surface area contributed by atoms with Gasteiger partial charge in [0.2, 0.25) is 0 Å². The lowest BCUT2D eigenvalue weighted by Crippen LogP contribution is -1.92. The van der Waals surface area contributed by atoms with Gasteiger partial charge in [-0.2, -0.15) is 0 Å². The smallest absolute Gasteiger partial charge is 0.137 e. The van der Waals surface area contributed by atoms with Crippen LogP contribution in [0.4, 0.5) is 0 Å². The molecule has 124 valence electrons. The lowest BCUT2D eigenvalue weighted by Gasteiger charge is -2.07. The normalized spacial score (nSPS) is 11.3. The Labute approximate surface area is 151 Å². The molecule has 0 aliphatic heterocycles. The first-order valence-corrected chi connectivity index (χ1v) is 9.09. The molecule has 0 amide bonds. The molecular formula is C20H18N4S. The Hall–Kier alpha value is -2.66. The third kappa shape index (κ3) is 3.28. The largest absolute Gasteiger partial charge is 0.299 e. The quantitative estimate of drug-likeness (QED) is 0.490. The van der Waals surface area contributed by atoms with E-state index in [0.717, 1.165) is 33.1 Å². The molecule has 0 atom stereocenters. The third-order valence-electron chi connectivity index (χ3n) is 3.89. The van der Waals surface area contributed by atoms with E-state index in [1.165, 1.54) is 0 Å². The number of aromatic nitrogens is 4. The van der Waals surface area contributed by atoms with Crippen molar-refractivity contribution in [3.8, 4) is 22.4 Å². The van der Waals surface area contributed by atoms with Crippen molar-refractivity contribution in [3.05, 3.63) is 67.4 Å². The molecular weight excluding hydrogens is 328 g/mol. The summed E-state index contributed by atoms with van der Waals surface area (Å²) in [5.74, 6) is 0. The van der Waals surface area contributed by atoms with Crippen molar-refractivity contribution in [2.45, 2.75) is 24.1 Å². The predicted octanol–water partition coefficient (Wildman–Crippen LogP) is 4.96. The van der Waals surface area contributed by atoms with Crippen LogP contribution in [0.5, 0.6) is 0 Å². The van der Waals surface area contributed by atoms with Gasteiger partial charge >= 0.3 is 0 Å². The highest BCUT2D eigenvalue weighted by Crippen LogP contribution is 2.26. The van der Waals surface area contributed by atoms with Crippen molar-refractivity contribution in [2.75, 3.05) is 0 Å². The Kier molecular flexibility index (Phi) is 4.24. The molecule has 4 aromatic heterocycles. The van der Waals surface area contributed by atoms with Gasteiger partial charge in [0.1, 0.15) is 5.65 Å². The number of hydrogen-bond donors (Lipinski definition) is 0. The number of nitrogens with zero attached hydrogens (tertiary/aromatic N) is 4. The number of pyridine rings is 3. The monoisotopic (exact) mass is 346 g/mol. The Morgan fingerprint density at radius 1 is 0.880 bits per heavy atom. The molecule has 0 spiro atoms. The zero-order valence-electron chi connectivity index (χ0n) is 14.1.